The minimum Gasteiger partial charge on any atom is -0.0985 e. The van der Waals surface area contributed by atoms with E-state index >= 15 is 0 Å². The third-order valence-corrected chi connectivity index (χ3v) is 2.50. The molecule has 0 aliphatic rings. The smallest absolute Gasteiger partial charge is 0.0627 e. The van der Waals surface area contributed by atoms with E-state index in [0.29, 0.717) is 10.0 Å². The molecule has 0 radical (unpaired) electrons. The van der Waals surface area contributed by atoms with Gasteiger partial charge in [-0.1, -0.05) is 41.9 Å². The minimum absolute atomic E-state index is 0.592. The van der Waals surface area contributed by atoms with E-state index in [0.717, 1.165) is 11.1 Å². The van der Waals surface area contributed by atoms with E-state index < -0.39 is 0 Å². The molecular weight excluding hydrogens is 179 g/mol. The molecule has 0 N–H and O–H groups in total. The highest BCUT2D eigenvalue weighted by Crippen LogP contribution is 2.27. The van der Waals surface area contributed by atoms with Gasteiger partial charge in [0, 0.05) is 0 Å². The van der Waals surface area contributed by atoms with Crippen LogP contribution in [-0.2, 0) is 0 Å². The van der Waals surface area contributed by atoms with E-state index in [1.54, 1.807) is 12.1 Å². The highest BCUT2D eigenvalue weighted by Gasteiger charge is 2.02. The number of halogens is 2. The van der Waals surface area contributed by atoms with Gasteiger partial charge in [-0.25, -0.2) is 0 Å². The van der Waals surface area contributed by atoms with E-state index in [9.17, 15) is 0 Å². The average Bonchev–Trinajstić information content (AvgIpc) is 2.01. The zero-order chi connectivity index (χ0) is 8.43. The Balaban J connectivity index is 3.36. The minimum atomic E-state index is 0.592. The molecule has 0 bridgehead atoms. The van der Waals surface area contributed by atoms with Crippen molar-refractivity contribution >= 4 is 29.3 Å². The lowest BCUT2D eigenvalue weighted by Gasteiger charge is -2.03. The normalized spacial score (nSPS) is 9.73. The van der Waals surface area contributed by atoms with Crippen molar-refractivity contribution in [3.63, 3.8) is 0 Å². The molecule has 11 heavy (non-hydrogen) atoms. The average molecular weight is 187 g/mol. The molecule has 0 aromatic heterocycles. The molecule has 2 heteroatoms. The van der Waals surface area contributed by atoms with E-state index in [2.05, 4.69) is 6.58 Å². The molecule has 0 spiro atoms. The first kappa shape index (κ1) is 8.63. The van der Waals surface area contributed by atoms with Gasteiger partial charge in [-0.15, -0.1) is 0 Å². The quantitative estimate of drug-likeness (QED) is 0.624. The maximum atomic E-state index is 5.88. The fourth-order valence-corrected chi connectivity index (χ4v) is 1.26. The predicted molar refractivity (Wildman–Crippen MR) is 51.3 cm³/mol. The van der Waals surface area contributed by atoms with Gasteiger partial charge in [0.2, 0.25) is 0 Å². The Hall–Kier alpha value is -0.460. The molecule has 1 aromatic carbocycles. The molecule has 0 aliphatic heterocycles. The van der Waals surface area contributed by atoms with E-state index in [1.807, 2.05) is 13.0 Å². The maximum absolute atomic E-state index is 5.88. The first-order valence-electron chi connectivity index (χ1n) is 3.24. The van der Waals surface area contributed by atoms with Crippen molar-refractivity contribution in [1.82, 2.24) is 0 Å². The van der Waals surface area contributed by atoms with Crippen molar-refractivity contribution in [2.45, 2.75) is 6.92 Å². The summed E-state index contributed by atoms with van der Waals surface area (Å²) in [6.07, 6.45) is 1.76. The second kappa shape index (κ2) is 3.29. The molecule has 1 aromatic rings. The van der Waals surface area contributed by atoms with Crippen molar-refractivity contribution in [3.8, 4) is 0 Å². The largest absolute Gasteiger partial charge is 0.0985 e. The molecule has 0 heterocycles. The topological polar surface area (TPSA) is 0 Å². The number of rotatable bonds is 1. The van der Waals surface area contributed by atoms with Crippen LogP contribution in [-0.4, -0.2) is 0 Å². The van der Waals surface area contributed by atoms with E-state index in [1.165, 1.54) is 0 Å². The molecule has 0 amide bonds. The third kappa shape index (κ3) is 1.58. The standard InChI is InChI=1S/C9H8Cl2/c1-3-7-4-5-8(10)9(11)6(7)2/h3-5H,1H2,2H3. The highest BCUT2D eigenvalue weighted by atomic mass is 35.5. The van der Waals surface area contributed by atoms with Gasteiger partial charge in [-0.3, -0.25) is 0 Å². The van der Waals surface area contributed by atoms with Crippen LogP contribution in [0.2, 0.25) is 10.0 Å². The monoisotopic (exact) mass is 186 g/mol. The van der Waals surface area contributed by atoms with Crippen molar-refractivity contribution in [2.75, 3.05) is 0 Å². The second-order valence-corrected chi connectivity index (χ2v) is 3.06. The van der Waals surface area contributed by atoms with Crippen LogP contribution in [0.4, 0.5) is 0 Å². The maximum Gasteiger partial charge on any atom is 0.0627 e. The molecule has 0 nitrogen and oxygen atoms in total. The van der Waals surface area contributed by atoms with Crippen molar-refractivity contribution in [1.29, 1.82) is 0 Å². The van der Waals surface area contributed by atoms with Crippen LogP contribution < -0.4 is 0 Å². The van der Waals surface area contributed by atoms with Gasteiger partial charge in [-0.2, -0.15) is 0 Å². The van der Waals surface area contributed by atoms with Crippen molar-refractivity contribution in [2.24, 2.45) is 0 Å². The van der Waals surface area contributed by atoms with Crippen LogP contribution in [0.15, 0.2) is 18.7 Å². The lowest BCUT2D eigenvalue weighted by Crippen LogP contribution is -1.81. The van der Waals surface area contributed by atoms with E-state index in [-0.39, 0.29) is 0 Å². The molecule has 0 saturated carbocycles. The van der Waals surface area contributed by atoms with Crippen LogP contribution in [0.5, 0.6) is 0 Å². The second-order valence-electron chi connectivity index (χ2n) is 2.28. The van der Waals surface area contributed by atoms with Crippen molar-refractivity contribution < 1.29 is 0 Å². The number of hydrogen-bond donors (Lipinski definition) is 0. The molecular formula is C9H8Cl2. The Morgan fingerprint density at radius 2 is 2.00 bits per heavy atom. The summed E-state index contributed by atoms with van der Waals surface area (Å²) in [6, 6.07) is 3.67. The Morgan fingerprint density at radius 1 is 1.36 bits per heavy atom. The van der Waals surface area contributed by atoms with Gasteiger partial charge >= 0.3 is 0 Å². The van der Waals surface area contributed by atoms with Gasteiger partial charge < -0.3 is 0 Å². The summed E-state index contributed by atoms with van der Waals surface area (Å²) in [6.45, 7) is 5.58. The van der Waals surface area contributed by atoms with Crippen LogP contribution in [0.3, 0.4) is 0 Å². The molecule has 0 unspecified atom stereocenters. The lowest BCUT2D eigenvalue weighted by atomic mass is 10.1. The fourth-order valence-electron chi connectivity index (χ4n) is 0.888. The summed E-state index contributed by atoms with van der Waals surface area (Å²) in [5.41, 5.74) is 2.01. The van der Waals surface area contributed by atoms with Gasteiger partial charge in [0.05, 0.1) is 10.0 Å². The summed E-state index contributed by atoms with van der Waals surface area (Å²) in [5.74, 6) is 0. The van der Waals surface area contributed by atoms with Crippen LogP contribution in [0.1, 0.15) is 11.1 Å². The zero-order valence-electron chi connectivity index (χ0n) is 6.20. The fraction of sp³-hybridized carbons (Fsp3) is 0.111. The van der Waals surface area contributed by atoms with Crippen LogP contribution in [0.25, 0.3) is 6.08 Å². The number of benzene rings is 1. The van der Waals surface area contributed by atoms with Crippen molar-refractivity contribution in [3.05, 3.63) is 39.9 Å². The van der Waals surface area contributed by atoms with Gasteiger partial charge in [0.15, 0.2) is 0 Å². The summed E-state index contributed by atoms with van der Waals surface area (Å²) in [5, 5.41) is 1.21. The van der Waals surface area contributed by atoms with Gasteiger partial charge in [0.25, 0.3) is 0 Å². The predicted octanol–water partition coefficient (Wildman–Crippen LogP) is 3.94. The summed E-state index contributed by atoms with van der Waals surface area (Å²) in [7, 11) is 0. The lowest BCUT2D eigenvalue weighted by molar-refractivity contribution is 1.44. The van der Waals surface area contributed by atoms with Gasteiger partial charge in [-0.05, 0) is 24.1 Å². The molecule has 0 atom stereocenters. The molecule has 0 fully saturated rings. The molecule has 0 aliphatic carbocycles. The molecule has 58 valence electrons. The number of hydrogen-bond acceptors (Lipinski definition) is 0. The summed E-state index contributed by atoms with van der Waals surface area (Å²) in [4.78, 5) is 0. The Bertz CT molecular complexity index is 290. The molecule has 0 saturated heterocycles. The first-order chi connectivity index (χ1) is 5.16. The van der Waals surface area contributed by atoms with Crippen LogP contribution in [0, 0.1) is 6.92 Å². The summed E-state index contributed by atoms with van der Waals surface area (Å²) >= 11 is 11.7. The van der Waals surface area contributed by atoms with E-state index in [4.69, 9.17) is 23.2 Å². The summed E-state index contributed by atoms with van der Waals surface area (Å²) < 4.78 is 0. The Morgan fingerprint density at radius 3 is 2.55 bits per heavy atom. The zero-order valence-corrected chi connectivity index (χ0v) is 7.71. The Labute approximate surface area is 76.4 Å². The molecule has 1 rings (SSSR count). The highest BCUT2D eigenvalue weighted by molar-refractivity contribution is 6.42. The van der Waals surface area contributed by atoms with Crippen LogP contribution >= 0.6 is 23.2 Å². The first-order valence-corrected chi connectivity index (χ1v) is 3.99. The van der Waals surface area contributed by atoms with Gasteiger partial charge in [0.1, 0.15) is 0 Å². The SMILES string of the molecule is C=Cc1ccc(Cl)c(Cl)c1C. The Kier molecular flexibility index (Phi) is 2.58. The third-order valence-electron chi connectivity index (χ3n) is 1.60.